The fourth-order valence-corrected chi connectivity index (χ4v) is 2.22. The van der Waals surface area contributed by atoms with E-state index >= 15 is 0 Å². The van der Waals surface area contributed by atoms with Crippen molar-refractivity contribution in [2.45, 2.75) is 12.8 Å². The third-order valence-corrected chi connectivity index (χ3v) is 3.45. The van der Waals surface area contributed by atoms with E-state index in [1.165, 1.54) is 0 Å². The largest absolute Gasteiger partial charge is 0.382 e. The summed E-state index contributed by atoms with van der Waals surface area (Å²) in [6.45, 7) is 2.49. The molecular formula is C11H15Cl2N3O. The molecule has 0 bridgehead atoms. The molecule has 17 heavy (non-hydrogen) atoms. The second-order valence-corrected chi connectivity index (χ2v) is 4.94. The molecule has 0 spiro atoms. The number of hydrogen-bond acceptors (Lipinski definition) is 4. The van der Waals surface area contributed by atoms with E-state index in [9.17, 15) is 0 Å². The van der Waals surface area contributed by atoms with Crippen molar-refractivity contribution >= 4 is 34.8 Å². The molecule has 0 aromatic carbocycles. The molecule has 94 valence electrons. The van der Waals surface area contributed by atoms with E-state index in [0.29, 0.717) is 27.6 Å². The highest BCUT2D eigenvalue weighted by atomic mass is 35.5. The van der Waals surface area contributed by atoms with E-state index in [4.69, 9.17) is 33.7 Å². The van der Waals surface area contributed by atoms with Crippen molar-refractivity contribution in [3.05, 3.63) is 16.1 Å². The summed E-state index contributed by atoms with van der Waals surface area (Å²) in [6.07, 6.45) is 2.13. The van der Waals surface area contributed by atoms with E-state index in [-0.39, 0.29) is 0 Å². The normalized spacial score (nSPS) is 17.1. The quantitative estimate of drug-likeness (QED) is 0.891. The Balaban J connectivity index is 1.96. The van der Waals surface area contributed by atoms with Crippen molar-refractivity contribution in [3.63, 3.8) is 0 Å². The highest BCUT2D eigenvalue weighted by molar-refractivity contribution is 6.37. The first kappa shape index (κ1) is 12.7. The molecule has 6 heteroatoms. The number of nitrogen functional groups attached to an aromatic ring is 1. The lowest BCUT2D eigenvalue weighted by molar-refractivity contribution is 0.0699. The summed E-state index contributed by atoms with van der Waals surface area (Å²) in [7, 11) is 0. The average molecular weight is 276 g/mol. The van der Waals surface area contributed by atoms with Gasteiger partial charge in [-0.3, -0.25) is 0 Å². The van der Waals surface area contributed by atoms with Crippen LogP contribution in [0.3, 0.4) is 0 Å². The Kier molecular flexibility index (Phi) is 4.31. The lowest BCUT2D eigenvalue weighted by Crippen LogP contribution is -2.23. The molecule has 0 atom stereocenters. The zero-order valence-electron chi connectivity index (χ0n) is 9.38. The summed E-state index contributed by atoms with van der Waals surface area (Å²) in [4.78, 5) is 4.13. The number of ether oxygens (including phenoxy) is 1. The Morgan fingerprint density at radius 3 is 2.76 bits per heavy atom. The van der Waals surface area contributed by atoms with Crippen molar-refractivity contribution in [2.24, 2.45) is 5.92 Å². The maximum absolute atomic E-state index is 6.03. The number of aromatic nitrogens is 1. The fraction of sp³-hybridized carbons (Fsp3) is 0.545. The minimum absolute atomic E-state index is 0.297. The molecule has 1 aliphatic rings. The molecule has 2 heterocycles. The number of rotatable bonds is 3. The Morgan fingerprint density at radius 2 is 2.06 bits per heavy atom. The van der Waals surface area contributed by atoms with Crippen molar-refractivity contribution < 1.29 is 4.74 Å². The van der Waals surface area contributed by atoms with E-state index in [1.807, 2.05) is 0 Å². The lowest BCUT2D eigenvalue weighted by atomic mass is 10.0. The van der Waals surface area contributed by atoms with Crippen molar-refractivity contribution in [1.82, 2.24) is 4.98 Å². The van der Waals surface area contributed by atoms with Crippen molar-refractivity contribution in [1.29, 1.82) is 0 Å². The number of hydrogen-bond donors (Lipinski definition) is 2. The number of nitrogens with zero attached hydrogens (tertiary/aromatic N) is 1. The summed E-state index contributed by atoms with van der Waals surface area (Å²) >= 11 is 11.8. The smallest absolute Gasteiger partial charge is 0.147 e. The van der Waals surface area contributed by atoms with Crippen LogP contribution in [0.4, 0.5) is 11.6 Å². The maximum Gasteiger partial charge on any atom is 0.147 e. The molecule has 2 rings (SSSR count). The standard InChI is InChI=1S/C11H15Cl2N3O/c12-8-5-9(13)11(16-10(8)14)15-6-7-1-3-17-4-2-7/h5,7H,1-4,6H2,(H3,14,15,16). The molecule has 3 N–H and O–H groups in total. The number of anilines is 2. The van der Waals surface area contributed by atoms with Gasteiger partial charge in [-0.2, -0.15) is 0 Å². The van der Waals surface area contributed by atoms with Crippen LogP contribution < -0.4 is 11.1 Å². The predicted octanol–water partition coefficient (Wildman–Crippen LogP) is 2.81. The van der Waals surface area contributed by atoms with Gasteiger partial charge in [0.05, 0.1) is 10.0 Å². The first-order valence-corrected chi connectivity index (χ1v) is 6.35. The van der Waals surface area contributed by atoms with Crippen LogP contribution in [0, 0.1) is 5.92 Å². The average Bonchev–Trinajstić information content (AvgIpc) is 2.33. The second kappa shape index (κ2) is 5.76. The summed E-state index contributed by atoms with van der Waals surface area (Å²) in [5, 5.41) is 4.09. The minimum atomic E-state index is 0.297. The van der Waals surface area contributed by atoms with Crippen molar-refractivity contribution in [3.8, 4) is 0 Å². The van der Waals surface area contributed by atoms with Crippen LogP contribution >= 0.6 is 23.2 Å². The predicted molar refractivity (Wildman–Crippen MR) is 70.7 cm³/mol. The topological polar surface area (TPSA) is 60.2 Å². The van der Waals surface area contributed by atoms with E-state index < -0.39 is 0 Å². The van der Waals surface area contributed by atoms with Crippen LogP contribution in [0.15, 0.2) is 6.07 Å². The van der Waals surface area contributed by atoms with Crippen molar-refractivity contribution in [2.75, 3.05) is 30.8 Å². The highest BCUT2D eigenvalue weighted by Gasteiger charge is 2.14. The van der Waals surface area contributed by atoms with Gasteiger partial charge in [0.1, 0.15) is 11.6 Å². The Bertz CT molecular complexity index is 395. The Hall–Kier alpha value is -0.710. The minimum Gasteiger partial charge on any atom is -0.382 e. The summed E-state index contributed by atoms with van der Waals surface area (Å²) in [5.41, 5.74) is 5.64. The van der Waals surface area contributed by atoms with Gasteiger partial charge in [0, 0.05) is 19.8 Å². The maximum atomic E-state index is 6.03. The molecule has 0 saturated carbocycles. The zero-order valence-corrected chi connectivity index (χ0v) is 10.9. The molecule has 1 fully saturated rings. The van der Waals surface area contributed by atoms with Crippen LogP contribution in [-0.2, 0) is 4.74 Å². The van der Waals surface area contributed by atoms with Crippen LogP contribution in [0.1, 0.15) is 12.8 Å². The molecule has 1 aromatic heterocycles. The monoisotopic (exact) mass is 275 g/mol. The fourth-order valence-electron chi connectivity index (χ4n) is 1.80. The van der Waals surface area contributed by atoms with Gasteiger partial charge in [-0.05, 0) is 24.8 Å². The van der Waals surface area contributed by atoms with Gasteiger partial charge in [0.2, 0.25) is 0 Å². The van der Waals surface area contributed by atoms with E-state index in [0.717, 1.165) is 32.6 Å². The van der Waals surface area contributed by atoms with Gasteiger partial charge in [-0.15, -0.1) is 0 Å². The third-order valence-electron chi connectivity index (χ3n) is 2.86. The molecule has 1 aliphatic heterocycles. The Labute approximate surface area is 110 Å². The van der Waals surface area contributed by atoms with Gasteiger partial charge in [-0.1, -0.05) is 23.2 Å². The lowest BCUT2D eigenvalue weighted by Gasteiger charge is -2.22. The third kappa shape index (κ3) is 3.37. The molecule has 4 nitrogen and oxygen atoms in total. The van der Waals surface area contributed by atoms with Gasteiger partial charge < -0.3 is 15.8 Å². The molecular weight excluding hydrogens is 261 g/mol. The summed E-state index contributed by atoms with van der Waals surface area (Å²) in [6, 6.07) is 1.61. The molecule has 0 aliphatic carbocycles. The SMILES string of the molecule is Nc1nc(NCC2CCOCC2)c(Cl)cc1Cl. The first-order chi connectivity index (χ1) is 8.16. The van der Waals surface area contributed by atoms with Crippen LogP contribution in [-0.4, -0.2) is 24.7 Å². The first-order valence-electron chi connectivity index (χ1n) is 5.60. The van der Waals surface area contributed by atoms with Crippen LogP contribution in [0.2, 0.25) is 10.0 Å². The molecule has 0 amide bonds. The van der Waals surface area contributed by atoms with Gasteiger partial charge >= 0.3 is 0 Å². The van der Waals surface area contributed by atoms with Gasteiger partial charge in [0.15, 0.2) is 0 Å². The van der Waals surface area contributed by atoms with Crippen LogP contribution in [0.5, 0.6) is 0 Å². The molecule has 0 unspecified atom stereocenters. The number of nitrogens with two attached hydrogens (primary N) is 1. The molecule has 1 saturated heterocycles. The van der Waals surface area contributed by atoms with Gasteiger partial charge in [0.25, 0.3) is 0 Å². The summed E-state index contributed by atoms with van der Waals surface area (Å²) < 4.78 is 5.30. The number of pyridine rings is 1. The Morgan fingerprint density at radius 1 is 1.35 bits per heavy atom. The second-order valence-electron chi connectivity index (χ2n) is 4.12. The van der Waals surface area contributed by atoms with E-state index in [1.54, 1.807) is 6.07 Å². The molecule has 1 aromatic rings. The van der Waals surface area contributed by atoms with Crippen LogP contribution in [0.25, 0.3) is 0 Å². The van der Waals surface area contributed by atoms with Gasteiger partial charge in [-0.25, -0.2) is 4.98 Å². The summed E-state index contributed by atoms with van der Waals surface area (Å²) in [5.74, 6) is 1.49. The molecule has 0 radical (unpaired) electrons. The zero-order chi connectivity index (χ0) is 12.3. The number of halogens is 2. The number of nitrogens with one attached hydrogen (secondary N) is 1. The highest BCUT2D eigenvalue weighted by Crippen LogP contribution is 2.27. The van der Waals surface area contributed by atoms with E-state index in [2.05, 4.69) is 10.3 Å².